The molecule has 2 aromatic rings. The third-order valence-electron chi connectivity index (χ3n) is 3.32. The molecule has 0 saturated carbocycles. The van der Waals surface area contributed by atoms with Gasteiger partial charge in [-0.05, 0) is 24.1 Å². The molecule has 2 atom stereocenters. The fourth-order valence-corrected chi connectivity index (χ4v) is 2.07. The summed E-state index contributed by atoms with van der Waals surface area (Å²) < 4.78 is 0. The molecule has 8 nitrogen and oxygen atoms in total. The second-order valence-corrected chi connectivity index (χ2v) is 5.16. The molecule has 1 unspecified atom stereocenters. The number of hydrogen-bond acceptors (Lipinski definition) is 5. The number of nitrogens with two attached hydrogens (primary N) is 1. The molecular weight excluding hydrogens is 300 g/mol. The average molecular weight is 318 g/mol. The number of aromatic amines is 1. The van der Waals surface area contributed by atoms with Gasteiger partial charge in [0.2, 0.25) is 5.91 Å². The number of carboxylic acids is 1. The van der Waals surface area contributed by atoms with Crippen LogP contribution in [-0.4, -0.2) is 44.1 Å². The van der Waals surface area contributed by atoms with E-state index in [-0.39, 0.29) is 18.6 Å². The van der Waals surface area contributed by atoms with Crippen molar-refractivity contribution >= 4 is 11.9 Å². The van der Waals surface area contributed by atoms with Crippen LogP contribution in [0.2, 0.25) is 0 Å². The van der Waals surface area contributed by atoms with Crippen LogP contribution < -0.4 is 11.1 Å². The highest BCUT2D eigenvalue weighted by Gasteiger charge is 2.24. The summed E-state index contributed by atoms with van der Waals surface area (Å²) in [5, 5.41) is 20.8. The smallest absolute Gasteiger partial charge is 0.326 e. The van der Waals surface area contributed by atoms with Gasteiger partial charge in [0, 0.05) is 18.3 Å². The Labute approximate surface area is 132 Å². The van der Waals surface area contributed by atoms with E-state index in [1.807, 2.05) is 0 Å². The van der Waals surface area contributed by atoms with Crippen LogP contribution in [0, 0.1) is 0 Å². The lowest BCUT2D eigenvalue weighted by molar-refractivity contribution is -0.142. The largest absolute Gasteiger partial charge is 0.508 e. The predicted octanol–water partition coefficient (Wildman–Crippen LogP) is -0.203. The van der Waals surface area contributed by atoms with E-state index in [9.17, 15) is 19.8 Å². The first-order chi connectivity index (χ1) is 11.0. The van der Waals surface area contributed by atoms with Crippen molar-refractivity contribution in [3.63, 3.8) is 0 Å². The second-order valence-electron chi connectivity index (χ2n) is 5.16. The monoisotopic (exact) mass is 318 g/mol. The van der Waals surface area contributed by atoms with Gasteiger partial charge in [-0.25, -0.2) is 9.78 Å². The molecule has 1 heterocycles. The molecule has 1 amide bonds. The number of aromatic hydroxyl groups is 1. The Morgan fingerprint density at radius 2 is 1.96 bits per heavy atom. The van der Waals surface area contributed by atoms with Gasteiger partial charge in [-0.2, -0.15) is 0 Å². The molecule has 8 heteroatoms. The summed E-state index contributed by atoms with van der Waals surface area (Å²) in [6.45, 7) is 0. The average Bonchev–Trinajstić information content (AvgIpc) is 3.01. The molecule has 0 aliphatic heterocycles. The summed E-state index contributed by atoms with van der Waals surface area (Å²) in [6.07, 6.45) is 3.26. The van der Waals surface area contributed by atoms with E-state index < -0.39 is 24.0 Å². The van der Waals surface area contributed by atoms with Gasteiger partial charge >= 0.3 is 5.97 Å². The number of benzene rings is 1. The summed E-state index contributed by atoms with van der Waals surface area (Å²) in [7, 11) is 0. The van der Waals surface area contributed by atoms with Crippen LogP contribution >= 0.6 is 0 Å². The molecule has 0 aliphatic carbocycles. The van der Waals surface area contributed by atoms with Crippen molar-refractivity contribution < 1.29 is 19.8 Å². The van der Waals surface area contributed by atoms with Crippen molar-refractivity contribution in [1.82, 2.24) is 15.3 Å². The maximum absolute atomic E-state index is 12.1. The summed E-state index contributed by atoms with van der Waals surface area (Å²) in [4.78, 5) is 29.9. The van der Waals surface area contributed by atoms with Crippen LogP contribution in [0.5, 0.6) is 5.75 Å². The quantitative estimate of drug-likeness (QED) is 0.478. The number of phenolic OH excluding ortho intramolecular Hbond substituents is 1. The van der Waals surface area contributed by atoms with Crippen LogP contribution in [0.15, 0.2) is 36.8 Å². The normalized spacial score (nSPS) is 13.3. The van der Waals surface area contributed by atoms with E-state index >= 15 is 0 Å². The number of amides is 1. The summed E-state index contributed by atoms with van der Waals surface area (Å²) in [6, 6.07) is 4.33. The molecule has 6 N–H and O–H groups in total. The first-order valence-corrected chi connectivity index (χ1v) is 6.99. The molecule has 0 fully saturated rings. The number of carbonyl (C=O) groups is 2. The van der Waals surface area contributed by atoms with Crippen LogP contribution in [0.25, 0.3) is 0 Å². The van der Waals surface area contributed by atoms with Gasteiger partial charge in [0.15, 0.2) is 0 Å². The Kier molecular flexibility index (Phi) is 5.32. The van der Waals surface area contributed by atoms with E-state index in [4.69, 9.17) is 5.73 Å². The fraction of sp³-hybridized carbons (Fsp3) is 0.267. The lowest BCUT2D eigenvalue weighted by Gasteiger charge is -2.17. The SMILES string of the molecule is N[C@@H](Cc1ccc(O)cc1)C(=O)NC(Cc1cnc[nH]1)C(=O)O. The van der Waals surface area contributed by atoms with Crippen LogP contribution in [0.3, 0.4) is 0 Å². The van der Waals surface area contributed by atoms with Gasteiger partial charge in [-0.3, -0.25) is 4.79 Å². The number of aliphatic carboxylic acids is 1. The van der Waals surface area contributed by atoms with Crippen molar-refractivity contribution in [2.45, 2.75) is 24.9 Å². The Balaban J connectivity index is 1.94. The molecule has 0 saturated heterocycles. The zero-order chi connectivity index (χ0) is 16.8. The Hall–Kier alpha value is -2.87. The molecule has 0 aliphatic rings. The Morgan fingerprint density at radius 1 is 1.26 bits per heavy atom. The summed E-state index contributed by atoms with van der Waals surface area (Å²) >= 11 is 0. The highest BCUT2D eigenvalue weighted by Crippen LogP contribution is 2.11. The standard InChI is InChI=1S/C15H18N4O4/c16-12(5-9-1-3-11(20)4-2-9)14(21)19-13(15(22)23)6-10-7-17-8-18-10/h1-4,7-8,12-13,20H,5-6,16H2,(H,17,18)(H,19,21)(H,22,23)/t12-,13?/m0/s1. The molecule has 0 bridgehead atoms. The molecule has 0 spiro atoms. The minimum absolute atomic E-state index is 0.0903. The minimum Gasteiger partial charge on any atom is -0.508 e. The third-order valence-corrected chi connectivity index (χ3v) is 3.32. The number of imidazole rings is 1. The zero-order valence-corrected chi connectivity index (χ0v) is 12.3. The molecule has 1 aromatic carbocycles. The van der Waals surface area contributed by atoms with Gasteiger partial charge in [0.05, 0.1) is 12.4 Å². The van der Waals surface area contributed by atoms with Crippen molar-refractivity contribution in [3.05, 3.63) is 48.0 Å². The number of phenols is 1. The minimum atomic E-state index is -1.15. The van der Waals surface area contributed by atoms with Gasteiger partial charge in [-0.1, -0.05) is 12.1 Å². The highest BCUT2D eigenvalue weighted by atomic mass is 16.4. The van der Waals surface area contributed by atoms with Gasteiger partial charge in [-0.15, -0.1) is 0 Å². The maximum atomic E-state index is 12.1. The Bertz CT molecular complexity index is 655. The van der Waals surface area contributed by atoms with Crippen molar-refractivity contribution in [3.8, 4) is 5.75 Å². The molecule has 23 heavy (non-hydrogen) atoms. The van der Waals surface area contributed by atoms with E-state index in [2.05, 4.69) is 15.3 Å². The number of aromatic nitrogens is 2. The van der Waals surface area contributed by atoms with Gasteiger partial charge in [0.25, 0.3) is 0 Å². The number of rotatable bonds is 7. The van der Waals surface area contributed by atoms with Crippen LogP contribution in [0.4, 0.5) is 0 Å². The second kappa shape index (κ2) is 7.41. The van der Waals surface area contributed by atoms with E-state index in [0.717, 1.165) is 5.56 Å². The maximum Gasteiger partial charge on any atom is 0.326 e. The number of nitrogens with one attached hydrogen (secondary N) is 2. The van der Waals surface area contributed by atoms with E-state index in [1.165, 1.54) is 24.7 Å². The summed E-state index contributed by atoms with van der Waals surface area (Å²) in [5.41, 5.74) is 7.19. The summed E-state index contributed by atoms with van der Waals surface area (Å²) in [5.74, 6) is -1.58. The van der Waals surface area contributed by atoms with E-state index in [0.29, 0.717) is 5.69 Å². The number of nitrogens with zero attached hydrogens (tertiary/aromatic N) is 1. The van der Waals surface area contributed by atoms with Crippen molar-refractivity contribution in [2.24, 2.45) is 5.73 Å². The lowest BCUT2D eigenvalue weighted by Crippen LogP contribution is -2.50. The molecular formula is C15H18N4O4. The van der Waals surface area contributed by atoms with Crippen molar-refractivity contribution in [2.75, 3.05) is 0 Å². The number of carbonyl (C=O) groups excluding carboxylic acids is 1. The van der Waals surface area contributed by atoms with Crippen molar-refractivity contribution in [1.29, 1.82) is 0 Å². The first kappa shape index (κ1) is 16.5. The lowest BCUT2D eigenvalue weighted by atomic mass is 10.0. The number of H-pyrrole nitrogens is 1. The van der Waals surface area contributed by atoms with Gasteiger partial charge in [0.1, 0.15) is 11.8 Å². The molecule has 2 rings (SSSR count). The molecule has 1 aromatic heterocycles. The fourth-order valence-electron chi connectivity index (χ4n) is 2.07. The predicted molar refractivity (Wildman–Crippen MR) is 81.6 cm³/mol. The third kappa shape index (κ3) is 4.82. The topological polar surface area (TPSA) is 141 Å². The zero-order valence-electron chi connectivity index (χ0n) is 12.3. The highest BCUT2D eigenvalue weighted by molar-refractivity contribution is 5.87. The number of hydrogen-bond donors (Lipinski definition) is 5. The molecule has 122 valence electrons. The number of carboxylic acid groups (broad SMARTS) is 1. The first-order valence-electron chi connectivity index (χ1n) is 6.99. The van der Waals surface area contributed by atoms with Gasteiger partial charge < -0.3 is 26.2 Å². The Morgan fingerprint density at radius 3 is 2.52 bits per heavy atom. The van der Waals surface area contributed by atoms with Crippen LogP contribution in [-0.2, 0) is 22.4 Å². The van der Waals surface area contributed by atoms with E-state index in [1.54, 1.807) is 12.1 Å². The molecule has 0 radical (unpaired) electrons. The van der Waals surface area contributed by atoms with Crippen LogP contribution in [0.1, 0.15) is 11.3 Å².